The molecule has 2 aliphatic heterocycles. The number of anilines is 1. The first-order valence-corrected chi connectivity index (χ1v) is 11.8. The fourth-order valence-electron chi connectivity index (χ4n) is 4.81. The van der Waals surface area contributed by atoms with Gasteiger partial charge in [-0.25, -0.2) is 4.39 Å². The van der Waals surface area contributed by atoms with Crippen LogP contribution in [0.2, 0.25) is 0 Å². The lowest BCUT2D eigenvalue weighted by Crippen LogP contribution is -2.57. The summed E-state index contributed by atoms with van der Waals surface area (Å²) in [7, 11) is 0. The molecule has 1 atom stereocenters. The number of aliphatic hydroxyl groups is 1. The van der Waals surface area contributed by atoms with Crippen LogP contribution in [0.15, 0.2) is 54.6 Å². The quantitative estimate of drug-likeness (QED) is 0.679. The molecule has 0 radical (unpaired) electrons. The number of benzene rings is 2. The largest absolute Gasteiger partial charge is 0.387 e. The Morgan fingerprint density at radius 1 is 1.03 bits per heavy atom. The molecule has 2 N–H and O–H groups in total. The van der Waals surface area contributed by atoms with Crippen LogP contribution in [0.4, 0.5) is 10.1 Å². The summed E-state index contributed by atoms with van der Waals surface area (Å²) in [4.78, 5) is 31.9. The van der Waals surface area contributed by atoms with Gasteiger partial charge in [-0.05, 0) is 50.6 Å². The van der Waals surface area contributed by atoms with Gasteiger partial charge in [-0.15, -0.1) is 0 Å². The molecule has 4 rings (SSSR count). The first kappa shape index (κ1) is 24.2. The number of para-hydroxylation sites is 1. The van der Waals surface area contributed by atoms with Gasteiger partial charge in [0.2, 0.25) is 5.91 Å². The first-order chi connectivity index (χ1) is 16.2. The SMILES string of the molecule is CC(C)(NC(=O)c1cccc(F)c1)C(=O)N1CCC(O)(CN2CCN(c3ccccc3)CC2)C1. The highest BCUT2D eigenvalue weighted by Gasteiger charge is 2.44. The number of likely N-dealkylation sites (tertiary alicyclic amines) is 1. The summed E-state index contributed by atoms with van der Waals surface area (Å²) >= 11 is 0. The van der Waals surface area contributed by atoms with Gasteiger partial charge in [0, 0.05) is 50.5 Å². The van der Waals surface area contributed by atoms with E-state index in [0.29, 0.717) is 19.5 Å². The fourth-order valence-corrected chi connectivity index (χ4v) is 4.81. The molecule has 0 aromatic heterocycles. The van der Waals surface area contributed by atoms with E-state index >= 15 is 0 Å². The first-order valence-electron chi connectivity index (χ1n) is 11.8. The van der Waals surface area contributed by atoms with Crippen molar-refractivity contribution < 1.29 is 19.1 Å². The number of halogens is 1. The van der Waals surface area contributed by atoms with Crippen molar-refractivity contribution in [1.29, 1.82) is 0 Å². The average molecular weight is 469 g/mol. The Balaban J connectivity index is 1.30. The van der Waals surface area contributed by atoms with Crippen molar-refractivity contribution in [3.05, 3.63) is 66.0 Å². The van der Waals surface area contributed by atoms with E-state index in [1.54, 1.807) is 18.7 Å². The second-order valence-electron chi connectivity index (χ2n) is 9.89. The molecule has 182 valence electrons. The molecule has 1 unspecified atom stereocenters. The Labute approximate surface area is 200 Å². The van der Waals surface area contributed by atoms with Crippen molar-refractivity contribution in [1.82, 2.24) is 15.1 Å². The van der Waals surface area contributed by atoms with Crippen LogP contribution in [-0.4, -0.2) is 83.7 Å². The predicted octanol–water partition coefficient (Wildman–Crippen LogP) is 2.12. The van der Waals surface area contributed by atoms with Crippen molar-refractivity contribution in [3.63, 3.8) is 0 Å². The molecule has 0 spiro atoms. The summed E-state index contributed by atoms with van der Waals surface area (Å²) in [5, 5.41) is 13.9. The average Bonchev–Trinajstić information content (AvgIpc) is 3.20. The van der Waals surface area contributed by atoms with Crippen LogP contribution in [0.25, 0.3) is 0 Å². The summed E-state index contributed by atoms with van der Waals surface area (Å²) in [6.45, 7) is 7.90. The molecule has 2 heterocycles. The molecule has 0 saturated carbocycles. The lowest BCUT2D eigenvalue weighted by molar-refractivity contribution is -0.136. The highest BCUT2D eigenvalue weighted by atomic mass is 19.1. The van der Waals surface area contributed by atoms with Crippen LogP contribution in [0.5, 0.6) is 0 Å². The van der Waals surface area contributed by atoms with Gasteiger partial charge >= 0.3 is 0 Å². The zero-order valence-corrected chi connectivity index (χ0v) is 19.8. The summed E-state index contributed by atoms with van der Waals surface area (Å²) in [5.74, 6) is -1.28. The molecule has 2 fully saturated rings. The monoisotopic (exact) mass is 468 g/mol. The number of β-amino-alcohol motifs (C(OH)–C–C–N with tert-alkyl or cyclic N) is 1. The fraction of sp³-hybridized carbons (Fsp3) is 0.462. The second-order valence-corrected chi connectivity index (χ2v) is 9.89. The van der Waals surface area contributed by atoms with E-state index in [1.807, 2.05) is 18.2 Å². The number of amides is 2. The third-order valence-corrected chi connectivity index (χ3v) is 6.68. The molecule has 0 bridgehead atoms. The van der Waals surface area contributed by atoms with Crippen LogP contribution < -0.4 is 10.2 Å². The Morgan fingerprint density at radius 2 is 1.74 bits per heavy atom. The summed E-state index contributed by atoms with van der Waals surface area (Å²) in [5.41, 5.74) is -0.794. The number of piperazine rings is 1. The Bertz CT molecular complexity index is 1020. The van der Waals surface area contributed by atoms with E-state index in [-0.39, 0.29) is 18.0 Å². The van der Waals surface area contributed by atoms with Gasteiger partial charge in [0.15, 0.2) is 0 Å². The van der Waals surface area contributed by atoms with E-state index < -0.39 is 22.9 Å². The van der Waals surface area contributed by atoms with Gasteiger partial charge in [0.25, 0.3) is 5.91 Å². The minimum atomic E-state index is -1.18. The number of nitrogens with one attached hydrogen (secondary N) is 1. The number of hydrogen-bond acceptors (Lipinski definition) is 5. The van der Waals surface area contributed by atoms with Crippen LogP contribution in [0.1, 0.15) is 30.6 Å². The third-order valence-electron chi connectivity index (χ3n) is 6.68. The topological polar surface area (TPSA) is 76.1 Å². The van der Waals surface area contributed by atoms with Crippen LogP contribution in [0, 0.1) is 5.82 Å². The van der Waals surface area contributed by atoms with Gasteiger partial charge in [-0.2, -0.15) is 0 Å². The molecule has 34 heavy (non-hydrogen) atoms. The number of carbonyl (C=O) groups excluding carboxylic acids is 2. The molecule has 8 heteroatoms. The van der Waals surface area contributed by atoms with Crippen molar-refractivity contribution in [2.45, 2.75) is 31.4 Å². The van der Waals surface area contributed by atoms with Gasteiger partial charge in [-0.1, -0.05) is 24.3 Å². The van der Waals surface area contributed by atoms with Gasteiger partial charge in [0.05, 0.1) is 12.1 Å². The second kappa shape index (κ2) is 9.72. The predicted molar refractivity (Wildman–Crippen MR) is 129 cm³/mol. The Kier molecular flexibility index (Phi) is 6.91. The lowest BCUT2D eigenvalue weighted by atomic mass is 10.0. The summed E-state index contributed by atoms with van der Waals surface area (Å²) in [6, 6.07) is 15.7. The molecular weight excluding hydrogens is 435 g/mol. The highest BCUT2D eigenvalue weighted by molar-refractivity contribution is 5.99. The number of hydrogen-bond donors (Lipinski definition) is 2. The van der Waals surface area contributed by atoms with Crippen LogP contribution in [-0.2, 0) is 4.79 Å². The lowest BCUT2D eigenvalue weighted by Gasteiger charge is -2.39. The van der Waals surface area contributed by atoms with Crippen molar-refractivity contribution in [2.75, 3.05) is 50.7 Å². The standard InChI is InChI=1S/C26H33FN4O3/c1-25(2,28-23(32)20-7-6-8-21(27)17-20)24(33)31-12-11-26(34,19-31)18-29-13-15-30(16-14-29)22-9-4-3-5-10-22/h3-10,17,34H,11-16,18-19H2,1-2H3,(H,28,32). The summed E-state index contributed by atoms with van der Waals surface area (Å²) < 4.78 is 13.5. The third kappa shape index (κ3) is 5.56. The minimum Gasteiger partial charge on any atom is -0.387 e. The molecule has 2 aromatic rings. The molecule has 2 aromatic carbocycles. The smallest absolute Gasteiger partial charge is 0.252 e. The zero-order valence-electron chi connectivity index (χ0n) is 19.8. The van der Waals surface area contributed by atoms with E-state index in [9.17, 15) is 19.1 Å². The van der Waals surface area contributed by atoms with E-state index in [2.05, 4.69) is 27.2 Å². The number of nitrogens with zero attached hydrogens (tertiary/aromatic N) is 3. The van der Waals surface area contributed by atoms with Gasteiger partial charge < -0.3 is 20.2 Å². The molecule has 7 nitrogen and oxygen atoms in total. The maximum atomic E-state index is 13.5. The van der Waals surface area contributed by atoms with Crippen LogP contribution in [0.3, 0.4) is 0 Å². The molecule has 2 saturated heterocycles. The maximum Gasteiger partial charge on any atom is 0.252 e. The van der Waals surface area contributed by atoms with Crippen molar-refractivity contribution in [3.8, 4) is 0 Å². The van der Waals surface area contributed by atoms with Crippen molar-refractivity contribution in [2.24, 2.45) is 0 Å². The number of rotatable bonds is 6. The van der Waals surface area contributed by atoms with Crippen molar-refractivity contribution >= 4 is 17.5 Å². The van der Waals surface area contributed by atoms with Crippen LogP contribution >= 0.6 is 0 Å². The Morgan fingerprint density at radius 3 is 2.41 bits per heavy atom. The molecule has 0 aliphatic carbocycles. The maximum absolute atomic E-state index is 13.5. The minimum absolute atomic E-state index is 0.161. The normalized spacial score (nSPS) is 21.5. The van der Waals surface area contributed by atoms with E-state index in [1.165, 1.54) is 23.9 Å². The molecule has 2 amide bonds. The molecule has 2 aliphatic rings. The van der Waals surface area contributed by atoms with E-state index in [4.69, 9.17) is 0 Å². The van der Waals surface area contributed by atoms with Gasteiger partial charge in [-0.3, -0.25) is 14.5 Å². The van der Waals surface area contributed by atoms with Gasteiger partial charge in [0.1, 0.15) is 11.4 Å². The Hall–Kier alpha value is -2.97. The number of carbonyl (C=O) groups is 2. The highest BCUT2D eigenvalue weighted by Crippen LogP contribution is 2.26. The van der Waals surface area contributed by atoms with E-state index in [0.717, 1.165) is 32.2 Å². The molecular formula is C26H33FN4O3. The summed E-state index contributed by atoms with van der Waals surface area (Å²) in [6.07, 6.45) is 0.492. The zero-order chi connectivity index (χ0) is 24.3.